The van der Waals surface area contributed by atoms with E-state index in [2.05, 4.69) is 0 Å². The van der Waals surface area contributed by atoms with Crippen LogP contribution in [0, 0.1) is 11.6 Å². The molecule has 1 aromatic rings. The van der Waals surface area contributed by atoms with Crippen molar-refractivity contribution in [2.24, 2.45) is 0 Å². The van der Waals surface area contributed by atoms with E-state index in [0.717, 1.165) is 18.2 Å². The molecule has 2 atom stereocenters. The highest BCUT2D eigenvalue weighted by Crippen LogP contribution is 2.26. The van der Waals surface area contributed by atoms with Gasteiger partial charge in [0.15, 0.2) is 0 Å². The second-order valence-corrected chi connectivity index (χ2v) is 4.62. The van der Waals surface area contributed by atoms with Gasteiger partial charge < -0.3 is 5.11 Å². The highest BCUT2D eigenvalue weighted by molar-refractivity contribution is 5.67. The molecule has 0 saturated heterocycles. The molecule has 19 heavy (non-hydrogen) atoms. The van der Waals surface area contributed by atoms with Crippen molar-refractivity contribution in [1.29, 1.82) is 0 Å². The first kappa shape index (κ1) is 15.6. The first-order valence-electron chi connectivity index (χ1n) is 6.29. The lowest BCUT2D eigenvalue weighted by Gasteiger charge is -2.33. The predicted molar refractivity (Wildman–Crippen MR) is 68.9 cm³/mol. The number of nitrogens with zero attached hydrogens (tertiary/aromatic N) is 1. The van der Waals surface area contributed by atoms with E-state index in [1.807, 2.05) is 11.8 Å². The molecule has 1 N–H and O–H groups in total. The molecule has 1 aromatic carbocycles. The smallest absolute Gasteiger partial charge is 0.304 e. The first-order chi connectivity index (χ1) is 8.86. The van der Waals surface area contributed by atoms with Crippen LogP contribution >= 0.6 is 0 Å². The molecule has 0 fully saturated rings. The Morgan fingerprint density at radius 2 is 2.00 bits per heavy atom. The van der Waals surface area contributed by atoms with Gasteiger partial charge in [0.2, 0.25) is 0 Å². The summed E-state index contributed by atoms with van der Waals surface area (Å²) in [5.74, 6) is -1.88. The minimum Gasteiger partial charge on any atom is -0.481 e. The fourth-order valence-corrected chi connectivity index (χ4v) is 2.35. The number of carboxylic acid groups (broad SMARTS) is 1. The molecular formula is C14H19F2NO2. The van der Waals surface area contributed by atoms with Gasteiger partial charge in [0.05, 0.1) is 6.42 Å². The second-order valence-electron chi connectivity index (χ2n) is 4.62. The van der Waals surface area contributed by atoms with Crippen molar-refractivity contribution in [3.8, 4) is 0 Å². The maximum atomic E-state index is 13.7. The Hall–Kier alpha value is -1.49. The van der Waals surface area contributed by atoms with Crippen molar-refractivity contribution in [1.82, 2.24) is 4.90 Å². The molecule has 0 amide bonds. The van der Waals surface area contributed by atoms with E-state index in [9.17, 15) is 13.6 Å². The van der Waals surface area contributed by atoms with Gasteiger partial charge in [-0.15, -0.1) is 0 Å². The minimum atomic E-state index is -0.905. The molecule has 3 nitrogen and oxygen atoms in total. The summed E-state index contributed by atoms with van der Waals surface area (Å²) in [5, 5.41) is 8.82. The Bertz CT molecular complexity index is 451. The summed E-state index contributed by atoms with van der Waals surface area (Å²) >= 11 is 0. The third-order valence-corrected chi connectivity index (χ3v) is 3.31. The SMILES string of the molecule is CCN(C(C)CC(=O)O)C(C)c1cc(F)ccc1F. The van der Waals surface area contributed by atoms with Gasteiger partial charge >= 0.3 is 5.97 Å². The largest absolute Gasteiger partial charge is 0.481 e. The standard InChI is InChI=1S/C14H19F2NO2/c1-4-17(9(2)7-14(18)19)10(3)12-8-11(15)5-6-13(12)16/h5-6,8-10H,4,7H2,1-3H3,(H,18,19). The maximum absolute atomic E-state index is 13.7. The van der Waals surface area contributed by atoms with E-state index < -0.39 is 17.6 Å². The molecular weight excluding hydrogens is 252 g/mol. The Morgan fingerprint density at radius 1 is 1.37 bits per heavy atom. The molecule has 0 bridgehead atoms. The number of benzene rings is 1. The lowest BCUT2D eigenvalue weighted by molar-refractivity contribution is -0.138. The topological polar surface area (TPSA) is 40.5 Å². The molecule has 0 aliphatic carbocycles. The number of hydrogen-bond donors (Lipinski definition) is 1. The van der Waals surface area contributed by atoms with Crippen molar-refractivity contribution in [3.05, 3.63) is 35.4 Å². The van der Waals surface area contributed by atoms with Crippen LogP contribution in [0.25, 0.3) is 0 Å². The van der Waals surface area contributed by atoms with E-state index >= 15 is 0 Å². The lowest BCUT2D eigenvalue weighted by Crippen LogP contribution is -2.37. The quantitative estimate of drug-likeness (QED) is 0.863. The van der Waals surface area contributed by atoms with Crippen LogP contribution in [0.5, 0.6) is 0 Å². The van der Waals surface area contributed by atoms with Gasteiger partial charge in [0.25, 0.3) is 0 Å². The summed E-state index contributed by atoms with van der Waals surface area (Å²) in [7, 11) is 0. The zero-order valence-electron chi connectivity index (χ0n) is 11.4. The Morgan fingerprint density at radius 3 is 2.53 bits per heavy atom. The molecule has 0 aromatic heterocycles. The summed E-state index contributed by atoms with van der Waals surface area (Å²) in [6, 6.07) is 2.70. The Labute approximate surface area is 111 Å². The second kappa shape index (κ2) is 6.61. The fraction of sp³-hybridized carbons (Fsp3) is 0.500. The van der Waals surface area contributed by atoms with Crippen LogP contribution in [0.3, 0.4) is 0 Å². The molecule has 5 heteroatoms. The molecule has 0 aliphatic heterocycles. The fourth-order valence-electron chi connectivity index (χ4n) is 2.35. The predicted octanol–water partition coefficient (Wildman–Crippen LogP) is 3.21. The number of hydrogen-bond acceptors (Lipinski definition) is 2. The summed E-state index contributed by atoms with van der Waals surface area (Å²) in [6.45, 7) is 5.95. The molecule has 0 spiro atoms. The molecule has 2 unspecified atom stereocenters. The normalized spacial score (nSPS) is 14.4. The Balaban J connectivity index is 2.97. The van der Waals surface area contributed by atoms with E-state index in [1.165, 1.54) is 0 Å². The van der Waals surface area contributed by atoms with E-state index in [0.29, 0.717) is 6.54 Å². The van der Waals surface area contributed by atoms with Gasteiger partial charge in [-0.25, -0.2) is 8.78 Å². The number of rotatable bonds is 6. The van der Waals surface area contributed by atoms with E-state index in [4.69, 9.17) is 5.11 Å². The Kier molecular flexibility index (Phi) is 5.42. The van der Waals surface area contributed by atoms with Crippen LogP contribution in [0.1, 0.15) is 38.8 Å². The van der Waals surface area contributed by atoms with E-state index in [1.54, 1.807) is 13.8 Å². The van der Waals surface area contributed by atoms with E-state index in [-0.39, 0.29) is 24.1 Å². The first-order valence-corrected chi connectivity index (χ1v) is 6.29. The van der Waals surface area contributed by atoms with Crippen LogP contribution in [0.4, 0.5) is 8.78 Å². The number of carboxylic acids is 1. The van der Waals surface area contributed by atoms with Crippen molar-refractivity contribution in [3.63, 3.8) is 0 Å². The monoisotopic (exact) mass is 271 g/mol. The summed E-state index contributed by atoms with van der Waals surface area (Å²) in [6.07, 6.45) is -0.0326. The third kappa shape index (κ3) is 3.99. The van der Waals surface area contributed by atoms with Gasteiger partial charge in [-0.2, -0.15) is 0 Å². The van der Waals surface area contributed by atoms with Gasteiger partial charge in [0.1, 0.15) is 11.6 Å². The molecule has 0 aliphatic rings. The van der Waals surface area contributed by atoms with Crippen molar-refractivity contribution >= 4 is 5.97 Å². The summed E-state index contributed by atoms with van der Waals surface area (Å²) in [5.41, 5.74) is 0.249. The number of carbonyl (C=O) groups is 1. The van der Waals surface area contributed by atoms with Crippen LogP contribution in [0.2, 0.25) is 0 Å². The molecule has 1 rings (SSSR count). The third-order valence-electron chi connectivity index (χ3n) is 3.31. The van der Waals surface area contributed by atoms with Crippen LogP contribution < -0.4 is 0 Å². The number of aliphatic carboxylic acids is 1. The van der Waals surface area contributed by atoms with Gasteiger partial charge in [0, 0.05) is 17.6 Å². The summed E-state index contributed by atoms with van der Waals surface area (Å²) in [4.78, 5) is 12.6. The average molecular weight is 271 g/mol. The highest BCUT2D eigenvalue weighted by Gasteiger charge is 2.24. The van der Waals surface area contributed by atoms with Gasteiger partial charge in [-0.1, -0.05) is 6.92 Å². The van der Waals surface area contributed by atoms with Gasteiger partial charge in [-0.05, 0) is 38.6 Å². The highest BCUT2D eigenvalue weighted by atomic mass is 19.1. The molecule has 106 valence electrons. The lowest BCUT2D eigenvalue weighted by atomic mass is 10.0. The van der Waals surface area contributed by atoms with Crippen molar-refractivity contribution in [2.75, 3.05) is 6.54 Å². The van der Waals surface area contributed by atoms with Crippen LogP contribution in [-0.2, 0) is 4.79 Å². The molecule has 0 saturated carbocycles. The van der Waals surface area contributed by atoms with Crippen LogP contribution in [-0.4, -0.2) is 28.6 Å². The van der Waals surface area contributed by atoms with Crippen molar-refractivity contribution in [2.45, 2.75) is 39.3 Å². The van der Waals surface area contributed by atoms with Crippen molar-refractivity contribution < 1.29 is 18.7 Å². The minimum absolute atomic E-state index is 0.0326. The zero-order chi connectivity index (χ0) is 14.6. The van der Waals surface area contributed by atoms with Crippen LogP contribution in [0.15, 0.2) is 18.2 Å². The maximum Gasteiger partial charge on any atom is 0.304 e. The average Bonchev–Trinajstić information content (AvgIpc) is 2.32. The summed E-state index contributed by atoms with van der Waals surface area (Å²) < 4.78 is 26.9. The number of halogens is 2. The zero-order valence-corrected chi connectivity index (χ0v) is 11.4. The molecule has 0 radical (unpaired) electrons. The van der Waals surface area contributed by atoms with Gasteiger partial charge in [-0.3, -0.25) is 9.69 Å². The molecule has 0 heterocycles.